The number of thiophene rings is 1. The standard InChI is InChI=1S/C21H25NO4S/c1-4-25-21(24)18-16-10-5-6-11-17(16)27-20(18)22-19(23)14(3)26-15-9-7-8-13(2)12-15/h7-9,12,14H,4-6,10-11H2,1-3H3,(H,22,23)/t14-/m1/s1. The van der Waals surface area contributed by atoms with Gasteiger partial charge in [0.1, 0.15) is 10.8 Å². The predicted octanol–water partition coefficient (Wildman–Crippen LogP) is 4.52. The maximum absolute atomic E-state index is 12.7. The third kappa shape index (κ3) is 4.50. The minimum Gasteiger partial charge on any atom is -0.481 e. The average Bonchev–Trinajstić information content (AvgIpc) is 2.99. The van der Waals surface area contributed by atoms with E-state index in [1.54, 1.807) is 13.8 Å². The molecule has 1 N–H and O–H groups in total. The monoisotopic (exact) mass is 387 g/mol. The Kier molecular flexibility index (Phi) is 6.16. The topological polar surface area (TPSA) is 64.6 Å². The van der Waals surface area contributed by atoms with Crippen LogP contribution in [-0.4, -0.2) is 24.6 Å². The van der Waals surface area contributed by atoms with E-state index < -0.39 is 6.10 Å². The number of fused-ring (bicyclic) bond motifs is 1. The van der Waals surface area contributed by atoms with E-state index in [0.717, 1.165) is 36.8 Å². The van der Waals surface area contributed by atoms with Crippen molar-refractivity contribution in [3.05, 3.63) is 45.8 Å². The molecule has 0 aliphatic heterocycles. The van der Waals surface area contributed by atoms with Gasteiger partial charge in [0.05, 0.1) is 12.2 Å². The molecule has 1 heterocycles. The van der Waals surface area contributed by atoms with Gasteiger partial charge in [0.2, 0.25) is 0 Å². The lowest BCUT2D eigenvalue weighted by Crippen LogP contribution is -2.30. The Morgan fingerprint density at radius 2 is 2.04 bits per heavy atom. The second-order valence-electron chi connectivity index (χ2n) is 6.70. The van der Waals surface area contributed by atoms with Crippen molar-refractivity contribution in [3.8, 4) is 5.75 Å². The molecule has 3 rings (SSSR count). The Morgan fingerprint density at radius 3 is 2.78 bits per heavy atom. The second kappa shape index (κ2) is 8.57. The number of ether oxygens (including phenoxy) is 2. The Bertz CT molecular complexity index is 843. The first-order chi connectivity index (χ1) is 13.0. The normalized spacial score (nSPS) is 14.2. The van der Waals surface area contributed by atoms with Crippen molar-refractivity contribution in [2.75, 3.05) is 11.9 Å². The van der Waals surface area contributed by atoms with Crippen molar-refractivity contribution in [2.24, 2.45) is 0 Å². The lowest BCUT2D eigenvalue weighted by atomic mass is 9.95. The summed E-state index contributed by atoms with van der Waals surface area (Å²) in [6, 6.07) is 7.57. The number of aryl methyl sites for hydroxylation is 2. The molecule has 1 atom stereocenters. The van der Waals surface area contributed by atoms with Gasteiger partial charge in [-0.25, -0.2) is 4.79 Å². The Labute approximate surface area is 163 Å². The number of amides is 1. The van der Waals surface area contributed by atoms with Crippen LogP contribution < -0.4 is 10.1 Å². The number of anilines is 1. The number of carbonyl (C=O) groups excluding carboxylic acids is 2. The molecule has 1 aromatic carbocycles. The van der Waals surface area contributed by atoms with E-state index in [9.17, 15) is 9.59 Å². The number of rotatable bonds is 6. The highest BCUT2D eigenvalue weighted by atomic mass is 32.1. The van der Waals surface area contributed by atoms with E-state index in [1.165, 1.54) is 16.2 Å². The maximum Gasteiger partial charge on any atom is 0.341 e. The summed E-state index contributed by atoms with van der Waals surface area (Å²) >= 11 is 1.48. The van der Waals surface area contributed by atoms with Gasteiger partial charge in [-0.2, -0.15) is 0 Å². The van der Waals surface area contributed by atoms with Crippen LogP contribution in [0, 0.1) is 6.92 Å². The minimum absolute atomic E-state index is 0.277. The lowest BCUT2D eigenvalue weighted by Gasteiger charge is -2.15. The molecular formula is C21H25NO4S. The number of nitrogens with one attached hydrogen (secondary N) is 1. The number of hydrogen-bond acceptors (Lipinski definition) is 5. The van der Waals surface area contributed by atoms with Gasteiger partial charge in [-0.15, -0.1) is 11.3 Å². The highest BCUT2D eigenvalue weighted by molar-refractivity contribution is 7.17. The van der Waals surface area contributed by atoms with Gasteiger partial charge < -0.3 is 14.8 Å². The Morgan fingerprint density at radius 1 is 1.26 bits per heavy atom. The van der Waals surface area contributed by atoms with Crippen LogP contribution in [-0.2, 0) is 22.4 Å². The van der Waals surface area contributed by atoms with Crippen LogP contribution in [0.3, 0.4) is 0 Å². The fourth-order valence-electron chi connectivity index (χ4n) is 3.23. The summed E-state index contributed by atoms with van der Waals surface area (Å²) < 4.78 is 11.0. The minimum atomic E-state index is -0.680. The fraction of sp³-hybridized carbons (Fsp3) is 0.429. The number of benzene rings is 1. The summed E-state index contributed by atoms with van der Waals surface area (Å²) in [6.07, 6.45) is 3.27. The first-order valence-electron chi connectivity index (χ1n) is 9.35. The molecule has 0 unspecified atom stereocenters. The first kappa shape index (κ1) is 19.4. The molecule has 0 fully saturated rings. The molecule has 1 aliphatic rings. The largest absolute Gasteiger partial charge is 0.481 e. The molecule has 27 heavy (non-hydrogen) atoms. The van der Waals surface area contributed by atoms with Crippen molar-refractivity contribution in [2.45, 2.75) is 52.6 Å². The number of hydrogen-bond donors (Lipinski definition) is 1. The van der Waals surface area contributed by atoms with Gasteiger partial charge in [0.25, 0.3) is 5.91 Å². The molecule has 0 bridgehead atoms. The summed E-state index contributed by atoms with van der Waals surface area (Å²) in [5.41, 5.74) is 2.62. The lowest BCUT2D eigenvalue weighted by molar-refractivity contribution is -0.122. The summed E-state index contributed by atoms with van der Waals surface area (Å²) in [5, 5.41) is 3.47. The third-order valence-corrected chi connectivity index (χ3v) is 5.77. The second-order valence-corrected chi connectivity index (χ2v) is 7.81. The molecule has 1 amide bonds. The molecule has 1 aliphatic carbocycles. The van der Waals surface area contributed by atoms with Crippen molar-refractivity contribution in [3.63, 3.8) is 0 Å². The molecule has 0 saturated carbocycles. The fourth-order valence-corrected chi connectivity index (χ4v) is 4.51. The van der Waals surface area contributed by atoms with Gasteiger partial charge in [-0.3, -0.25) is 4.79 Å². The molecule has 1 aromatic heterocycles. The predicted molar refractivity (Wildman–Crippen MR) is 107 cm³/mol. The van der Waals surface area contributed by atoms with Crippen LogP contribution in [0.25, 0.3) is 0 Å². The zero-order valence-corrected chi connectivity index (χ0v) is 16.8. The summed E-state index contributed by atoms with van der Waals surface area (Å²) in [4.78, 5) is 26.3. The third-order valence-electron chi connectivity index (χ3n) is 4.56. The summed E-state index contributed by atoms with van der Waals surface area (Å²) in [5.74, 6) is 0.00819. The molecule has 0 spiro atoms. The summed E-state index contributed by atoms with van der Waals surface area (Å²) in [7, 11) is 0. The van der Waals surface area contributed by atoms with E-state index in [-0.39, 0.29) is 11.9 Å². The zero-order chi connectivity index (χ0) is 19.4. The molecule has 0 radical (unpaired) electrons. The molecule has 6 heteroatoms. The quantitative estimate of drug-likeness (QED) is 0.740. The highest BCUT2D eigenvalue weighted by Crippen LogP contribution is 2.38. The molecule has 2 aromatic rings. The molecule has 144 valence electrons. The van der Waals surface area contributed by atoms with E-state index in [2.05, 4.69) is 5.32 Å². The van der Waals surface area contributed by atoms with Crippen LogP contribution in [0.1, 0.15) is 53.1 Å². The van der Waals surface area contributed by atoms with Crippen LogP contribution in [0.2, 0.25) is 0 Å². The van der Waals surface area contributed by atoms with Crippen LogP contribution in [0.5, 0.6) is 5.75 Å². The van der Waals surface area contributed by atoms with E-state index in [1.807, 2.05) is 31.2 Å². The van der Waals surface area contributed by atoms with Gasteiger partial charge in [-0.1, -0.05) is 12.1 Å². The Balaban J connectivity index is 1.78. The average molecular weight is 388 g/mol. The van der Waals surface area contributed by atoms with Crippen molar-refractivity contribution < 1.29 is 19.1 Å². The van der Waals surface area contributed by atoms with E-state index in [0.29, 0.717) is 22.9 Å². The molecular weight excluding hydrogens is 362 g/mol. The molecule has 5 nitrogen and oxygen atoms in total. The van der Waals surface area contributed by atoms with Gasteiger partial charge >= 0.3 is 5.97 Å². The maximum atomic E-state index is 12.7. The first-order valence-corrected chi connectivity index (χ1v) is 10.2. The zero-order valence-electron chi connectivity index (χ0n) is 16.0. The number of esters is 1. The molecule has 0 saturated heterocycles. The van der Waals surface area contributed by atoms with Crippen molar-refractivity contribution in [1.29, 1.82) is 0 Å². The van der Waals surface area contributed by atoms with Gasteiger partial charge in [-0.05, 0) is 69.7 Å². The van der Waals surface area contributed by atoms with Crippen LogP contribution >= 0.6 is 11.3 Å². The summed E-state index contributed by atoms with van der Waals surface area (Å²) in [6.45, 7) is 5.77. The van der Waals surface area contributed by atoms with Gasteiger partial charge in [0.15, 0.2) is 6.10 Å². The van der Waals surface area contributed by atoms with E-state index >= 15 is 0 Å². The number of carbonyl (C=O) groups is 2. The van der Waals surface area contributed by atoms with Crippen LogP contribution in [0.15, 0.2) is 24.3 Å². The van der Waals surface area contributed by atoms with Gasteiger partial charge in [0, 0.05) is 4.88 Å². The van der Waals surface area contributed by atoms with Crippen molar-refractivity contribution >= 4 is 28.2 Å². The van der Waals surface area contributed by atoms with Crippen LogP contribution in [0.4, 0.5) is 5.00 Å². The highest BCUT2D eigenvalue weighted by Gasteiger charge is 2.28. The smallest absolute Gasteiger partial charge is 0.341 e. The SMILES string of the molecule is CCOC(=O)c1c(NC(=O)[C@@H](C)Oc2cccc(C)c2)sc2c1CCCC2. The Hall–Kier alpha value is -2.34. The van der Waals surface area contributed by atoms with E-state index in [4.69, 9.17) is 9.47 Å². The van der Waals surface area contributed by atoms with Crippen molar-refractivity contribution in [1.82, 2.24) is 0 Å².